The van der Waals surface area contributed by atoms with Gasteiger partial charge in [0.25, 0.3) is 0 Å². The van der Waals surface area contributed by atoms with E-state index < -0.39 is 22.5 Å². The Balaban J connectivity index is 1.45. The average Bonchev–Trinajstić information content (AvgIpc) is 3.32. The van der Waals surface area contributed by atoms with Gasteiger partial charge in [-0.25, -0.2) is 0 Å². The Morgan fingerprint density at radius 3 is 2.84 bits per heavy atom. The molecule has 2 bridgehead atoms. The van der Waals surface area contributed by atoms with Gasteiger partial charge in [0.15, 0.2) is 23.4 Å². The van der Waals surface area contributed by atoms with Gasteiger partial charge in [-0.05, 0) is 74.5 Å². The molecular weight excluding hydrogens is 406 g/mol. The molecule has 1 unspecified atom stereocenters. The zero-order chi connectivity index (χ0) is 22.0. The third kappa shape index (κ3) is 1.86. The van der Waals surface area contributed by atoms with E-state index in [4.69, 9.17) is 9.47 Å². The lowest BCUT2D eigenvalue weighted by molar-refractivity contribution is -0.206. The summed E-state index contributed by atoms with van der Waals surface area (Å²) in [4.78, 5) is 16.6. The fourth-order valence-corrected chi connectivity index (χ4v) is 8.03. The van der Waals surface area contributed by atoms with Crippen molar-refractivity contribution in [2.24, 2.45) is 5.41 Å². The molecule has 6 nitrogen and oxygen atoms in total. The molecule has 0 amide bonds. The number of rotatable bonds is 1. The highest BCUT2D eigenvalue weighted by molar-refractivity contribution is 5.96. The van der Waals surface area contributed by atoms with Crippen LogP contribution < -0.4 is 9.47 Å². The number of aliphatic hydroxyl groups is 1. The van der Waals surface area contributed by atoms with Gasteiger partial charge in [0.1, 0.15) is 5.75 Å². The van der Waals surface area contributed by atoms with Gasteiger partial charge in [-0.1, -0.05) is 18.2 Å². The Morgan fingerprint density at radius 2 is 2.03 bits per heavy atom. The molecule has 5 atom stereocenters. The largest absolute Gasteiger partial charge is 0.504 e. The third-order valence-corrected chi connectivity index (χ3v) is 9.34. The van der Waals surface area contributed by atoms with Crippen molar-refractivity contribution in [2.75, 3.05) is 20.7 Å². The van der Waals surface area contributed by atoms with Crippen LogP contribution in [0.25, 0.3) is 0 Å². The zero-order valence-corrected chi connectivity index (χ0v) is 18.4. The van der Waals surface area contributed by atoms with E-state index in [1.807, 2.05) is 18.2 Å². The Hall–Kier alpha value is -2.57. The number of hydrogen-bond donors (Lipinski definition) is 2. The summed E-state index contributed by atoms with van der Waals surface area (Å²) in [6, 6.07) is 9.49. The number of piperidine rings is 1. The molecule has 1 saturated heterocycles. The van der Waals surface area contributed by atoms with E-state index >= 15 is 0 Å². The van der Waals surface area contributed by atoms with Gasteiger partial charge < -0.3 is 24.6 Å². The van der Waals surface area contributed by atoms with E-state index in [2.05, 4.69) is 18.0 Å². The first-order valence-corrected chi connectivity index (χ1v) is 11.5. The number of carbonyl (C=O) groups excluding carboxylic acids is 1. The Bertz CT molecular complexity index is 1210. The molecule has 2 fully saturated rings. The van der Waals surface area contributed by atoms with Gasteiger partial charge in [0, 0.05) is 17.0 Å². The predicted molar refractivity (Wildman–Crippen MR) is 116 cm³/mol. The molecule has 32 heavy (non-hydrogen) atoms. The van der Waals surface area contributed by atoms with Gasteiger partial charge >= 0.3 is 0 Å². The summed E-state index contributed by atoms with van der Waals surface area (Å²) < 4.78 is 12.0. The van der Waals surface area contributed by atoms with Crippen LogP contribution >= 0.6 is 0 Å². The van der Waals surface area contributed by atoms with E-state index in [9.17, 15) is 15.0 Å². The smallest absolute Gasteiger partial charge is 0.181 e. The van der Waals surface area contributed by atoms with Crippen molar-refractivity contribution >= 4 is 5.78 Å². The molecule has 2 aromatic rings. The summed E-state index contributed by atoms with van der Waals surface area (Å²) in [5.41, 5.74) is 1.51. The summed E-state index contributed by atoms with van der Waals surface area (Å²) >= 11 is 0. The van der Waals surface area contributed by atoms with Crippen molar-refractivity contribution in [3.05, 3.63) is 52.6 Å². The van der Waals surface area contributed by atoms with Crippen molar-refractivity contribution in [3.8, 4) is 17.2 Å². The summed E-state index contributed by atoms with van der Waals surface area (Å²) in [5, 5.41) is 23.3. The molecular formula is C26H27NO5. The topological polar surface area (TPSA) is 79.2 Å². The van der Waals surface area contributed by atoms with E-state index in [-0.39, 0.29) is 17.6 Å². The first-order chi connectivity index (χ1) is 15.3. The number of phenols is 1. The summed E-state index contributed by atoms with van der Waals surface area (Å²) in [6.45, 7) is 0.787. The minimum atomic E-state index is -1.11. The van der Waals surface area contributed by atoms with Gasteiger partial charge in [-0.2, -0.15) is 0 Å². The lowest BCUT2D eigenvalue weighted by atomic mass is 9.44. The van der Waals surface area contributed by atoms with Crippen molar-refractivity contribution < 1.29 is 24.5 Å². The molecule has 166 valence electrons. The molecule has 2 aliphatic heterocycles. The summed E-state index contributed by atoms with van der Waals surface area (Å²) in [5.74, 6) is 1.33. The van der Waals surface area contributed by atoms with E-state index in [0.717, 1.165) is 34.5 Å². The highest BCUT2D eigenvalue weighted by Crippen LogP contribution is 2.68. The van der Waals surface area contributed by atoms with Crippen LogP contribution in [0.3, 0.4) is 0 Å². The lowest BCUT2D eigenvalue weighted by Gasteiger charge is -2.64. The number of methoxy groups -OCH3 is 1. The highest BCUT2D eigenvalue weighted by atomic mass is 16.5. The summed E-state index contributed by atoms with van der Waals surface area (Å²) in [6.07, 6.45) is 2.09. The van der Waals surface area contributed by atoms with Crippen LogP contribution in [0.15, 0.2) is 30.3 Å². The maximum absolute atomic E-state index is 14.3. The number of benzene rings is 2. The normalized spacial score (nSPS) is 38.4. The Labute approximate surface area is 186 Å². The first kappa shape index (κ1) is 18.9. The van der Waals surface area contributed by atoms with Crippen LogP contribution in [0.1, 0.15) is 35.1 Å². The number of fused-ring (bicyclic) bond motifs is 1. The first-order valence-electron chi connectivity index (χ1n) is 11.5. The van der Waals surface area contributed by atoms with Crippen LogP contribution in [0, 0.1) is 5.41 Å². The molecule has 2 aromatic carbocycles. The maximum atomic E-state index is 14.3. The molecule has 5 aliphatic rings. The molecule has 0 aromatic heterocycles. The Kier molecular flexibility index (Phi) is 3.36. The molecule has 2 spiro atoms. The fraction of sp³-hybridized carbons (Fsp3) is 0.500. The Morgan fingerprint density at radius 1 is 1.19 bits per heavy atom. The van der Waals surface area contributed by atoms with Gasteiger partial charge in [0.05, 0.1) is 18.1 Å². The van der Waals surface area contributed by atoms with Gasteiger partial charge in [0.2, 0.25) is 0 Å². The van der Waals surface area contributed by atoms with E-state index in [1.165, 1.54) is 0 Å². The summed E-state index contributed by atoms with van der Waals surface area (Å²) in [7, 11) is 3.73. The van der Waals surface area contributed by atoms with Crippen LogP contribution in [-0.4, -0.2) is 59.3 Å². The molecule has 3 aliphatic carbocycles. The zero-order valence-electron chi connectivity index (χ0n) is 18.4. The van der Waals surface area contributed by atoms with Crippen molar-refractivity contribution in [3.63, 3.8) is 0 Å². The maximum Gasteiger partial charge on any atom is 0.181 e. The molecule has 1 saturated carbocycles. The quantitative estimate of drug-likeness (QED) is 0.718. The number of aromatic hydroxyl groups is 1. The number of hydrogen-bond acceptors (Lipinski definition) is 6. The van der Waals surface area contributed by atoms with E-state index in [1.54, 1.807) is 13.2 Å². The highest BCUT2D eigenvalue weighted by Gasteiger charge is 2.77. The third-order valence-electron chi connectivity index (χ3n) is 9.34. The van der Waals surface area contributed by atoms with Gasteiger partial charge in [-0.15, -0.1) is 0 Å². The standard InChI is InChI=1S/C26H27NO5/c1-27-9-8-25-20-14-6-7-17(28)21(20)32-23(25)22(29)24(13-26(25,30)19(27)10-14)11-15-4-3-5-18(31-2)16(15)12-24/h3-7,19,23,28,30H,8-13H2,1-2H3/t19-,23-,24?,25-,26+/m0/s1. The number of likely N-dealkylation sites (N-methyl/N-ethyl adjacent to an activating group) is 1. The number of nitrogens with zero attached hydrogens (tertiary/aromatic N) is 1. The van der Waals surface area contributed by atoms with Crippen molar-refractivity contribution in [1.29, 1.82) is 0 Å². The van der Waals surface area contributed by atoms with E-state index in [0.29, 0.717) is 37.9 Å². The molecule has 2 heterocycles. The number of ketones is 1. The average molecular weight is 434 g/mol. The minimum absolute atomic E-state index is 0.0606. The number of ether oxygens (including phenoxy) is 2. The number of Topliss-reactive ketones (excluding diaryl/α,β-unsaturated/α-hetero) is 1. The van der Waals surface area contributed by atoms with Crippen LogP contribution in [0.4, 0.5) is 0 Å². The van der Waals surface area contributed by atoms with Crippen molar-refractivity contribution in [1.82, 2.24) is 4.90 Å². The van der Waals surface area contributed by atoms with Gasteiger partial charge in [-0.3, -0.25) is 4.79 Å². The second kappa shape index (κ2) is 5.67. The number of likely N-dealkylation sites (tertiary alicyclic amines) is 1. The van der Waals surface area contributed by atoms with Crippen molar-refractivity contribution in [2.45, 2.75) is 55.3 Å². The molecule has 0 radical (unpaired) electrons. The number of phenolic OH excluding ortho intramolecular Hbond substituents is 1. The minimum Gasteiger partial charge on any atom is -0.504 e. The fourth-order valence-electron chi connectivity index (χ4n) is 8.03. The van der Waals surface area contributed by atoms with Crippen LogP contribution in [0.5, 0.6) is 17.2 Å². The second-order valence-electron chi connectivity index (χ2n) is 10.6. The SMILES string of the molecule is COc1cccc2c1CC1(C2)C[C@@]2(O)[C@@H]3Cc4ccc(O)c5c4[C@@]2(CCN3C)[C@@H](O5)C1=O. The van der Waals surface area contributed by atoms with Crippen LogP contribution in [0.2, 0.25) is 0 Å². The molecule has 2 N–H and O–H groups in total. The monoisotopic (exact) mass is 433 g/mol. The second-order valence-corrected chi connectivity index (χ2v) is 10.6. The lowest BCUT2D eigenvalue weighted by Crippen LogP contribution is -2.79. The van der Waals surface area contributed by atoms with Crippen LogP contribution in [-0.2, 0) is 29.5 Å². The molecule has 6 heteroatoms. The number of carbonyl (C=O) groups is 1. The molecule has 7 rings (SSSR count). The predicted octanol–water partition coefficient (Wildman–Crippen LogP) is 2.15.